The first-order valence-electron chi connectivity index (χ1n) is 5.34. The van der Waals surface area contributed by atoms with E-state index >= 15 is 0 Å². The lowest BCUT2D eigenvalue weighted by Crippen LogP contribution is -2.15. The molecule has 12 heavy (non-hydrogen) atoms. The number of hydrogen-bond acceptors (Lipinski definition) is 1. The van der Waals surface area contributed by atoms with E-state index in [2.05, 4.69) is 0 Å². The fraction of sp³-hybridized carbons (Fsp3) is 0.909. The molecule has 0 aromatic rings. The Labute approximate surface area is 73.5 Å². The Bertz CT molecular complexity index is 193. The van der Waals surface area contributed by atoms with Crippen molar-refractivity contribution >= 4 is 6.29 Å². The third kappa shape index (κ3) is 0.773. The van der Waals surface area contributed by atoms with E-state index in [1.165, 1.54) is 38.4 Å². The van der Waals surface area contributed by atoms with E-state index in [-0.39, 0.29) is 0 Å². The molecule has 3 fully saturated rings. The van der Waals surface area contributed by atoms with Crippen LogP contribution in [0.15, 0.2) is 0 Å². The second-order valence-electron chi connectivity index (χ2n) is 5.03. The van der Waals surface area contributed by atoms with Gasteiger partial charge in [0.25, 0.3) is 0 Å². The van der Waals surface area contributed by atoms with Crippen LogP contribution in [0.2, 0.25) is 0 Å². The number of carbonyl (C=O) groups is 1. The topological polar surface area (TPSA) is 17.1 Å². The van der Waals surface area contributed by atoms with Crippen LogP contribution in [0, 0.1) is 29.6 Å². The van der Waals surface area contributed by atoms with Gasteiger partial charge in [0.1, 0.15) is 6.29 Å². The molecule has 2 bridgehead atoms. The summed E-state index contributed by atoms with van der Waals surface area (Å²) in [5, 5.41) is 0. The first-order chi connectivity index (χ1) is 5.88. The molecule has 1 heteroatoms. The van der Waals surface area contributed by atoms with Gasteiger partial charge >= 0.3 is 0 Å². The lowest BCUT2D eigenvalue weighted by molar-refractivity contribution is -0.111. The molecule has 0 saturated heterocycles. The minimum absolute atomic E-state index is 0.434. The van der Waals surface area contributed by atoms with Crippen molar-refractivity contribution in [2.24, 2.45) is 29.6 Å². The average molecular weight is 164 g/mol. The van der Waals surface area contributed by atoms with Crippen LogP contribution < -0.4 is 0 Å². The number of hydrogen-bond donors (Lipinski definition) is 0. The Morgan fingerprint density at radius 3 is 2.00 bits per heavy atom. The van der Waals surface area contributed by atoms with Gasteiger partial charge in [-0.05, 0) is 55.8 Å². The van der Waals surface area contributed by atoms with Crippen LogP contribution in [0.5, 0.6) is 0 Å². The van der Waals surface area contributed by atoms with Crippen molar-refractivity contribution in [1.29, 1.82) is 0 Å². The SMILES string of the molecule is O=CC1CC2C3CCC(C3)C2C1. The molecule has 1 nitrogen and oxygen atoms in total. The standard InChI is InChI=1S/C11H16O/c12-6-7-3-10-8-1-2-9(5-8)11(10)4-7/h6-11H,1-5H2. The Hall–Kier alpha value is -0.330. The molecule has 3 aliphatic rings. The minimum Gasteiger partial charge on any atom is -0.303 e. The van der Waals surface area contributed by atoms with Gasteiger partial charge in [0.05, 0.1) is 0 Å². The number of rotatable bonds is 1. The predicted molar refractivity (Wildman–Crippen MR) is 46.6 cm³/mol. The second-order valence-corrected chi connectivity index (χ2v) is 5.03. The maximum atomic E-state index is 10.7. The largest absolute Gasteiger partial charge is 0.303 e. The third-order valence-electron chi connectivity index (χ3n) is 4.62. The van der Waals surface area contributed by atoms with Crippen LogP contribution in [0.3, 0.4) is 0 Å². The van der Waals surface area contributed by atoms with Crippen molar-refractivity contribution in [3.05, 3.63) is 0 Å². The van der Waals surface area contributed by atoms with Crippen LogP contribution in [0.1, 0.15) is 32.1 Å². The number of carbonyl (C=O) groups excluding carboxylic acids is 1. The predicted octanol–water partition coefficient (Wildman–Crippen LogP) is 2.26. The zero-order valence-corrected chi connectivity index (χ0v) is 7.41. The first-order valence-corrected chi connectivity index (χ1v) is 5.34. The summed E-state index contributed by atoms with van der Waals surface area (Å²) in [5.74, 6) is 4.39. The Morgan fingerprint density at radius 2 is 1.50 bits per heavy atom. The summed E-state index contributed by atoms with van der Waals surface area (Å²) in [5.41, 5.74) is 0. The third-order valence-corrected chi connectivity index (χ3v) is 4.62. The van der Waals surface area contributed by atoms with Crippen molar-refractivity contribution in [1.82, 2.24) is 0 Å². The number of aldehydes is 1. The summed E-state index contributed by atoms with van der Waals surface area (Å²) >= 11 is 0. The van der Waals surface area contributed by atoms with Crippen molar-refractivity contribution in [3.8, 4) is 0 Å². The van der Waals surface area contributed by atoms with Crippen molar-refractivity contribution in [2.75, 3.05) is 0 Å². The molecule has 3 aliphatic carbocycles. The zero-order chi connectivity index (χ0) is 8.13. The van der Waals surface area contributed by atoms with Crippen molar-refractivity contribution in [2.45, 2.75) is 32.1 Å². The van der Waals surface area contributed by atoms with Gasteiger partial charge in [-0.1, -0.05) is 0 Å². The highest BCUT2D eigenvalue weighted by Crippen LogP contribution is 2.59. The maximum Gasteiger partial charge on any atom is 0.123 e. The van der Waals surface area contributed by atoms with Crippen LogP contribution in [-0.2, 0) is 4.79 Å². The highest BCUT2D eigenvalue weighted by atomic mass is 16.1. The fourth-order valence-electron chi connectivity index (χ4n) is 4.17. The summed E-state index contributed by atoms with van der Waals surface area (Å²) in [6.45, 7) is 0. The van der Waals surface area contributed by atoms with Gasteiger partial charge in [0.15, 0.2) is 0 Å². The van der Waals surface area contributed by atoms with Gasteiger partial charge in [-0.3, -0.25) is 0 Å². The van der Waals surface area contributed by atoms with Gasteiger partial charge in [-0.25, -0.2) is 0 Å². The second kappa shape index (κ2) is 2.34. The Morgan fingerprint density at radius 1 is 0.917 bits per heavy atom. The quantitative estimate of drug-likeness (QED) is 0.543. The molecule has 0 aromatic carbocycles. The van der Waals surface area contributed by atoms with Crippen LogP contribution in [-0.4, -0.2) is 6.29 Å². The van der Waals surface area contributed by atoms with Gasteiger partial charge in [-0.15, -0.1) is 0 Å². The molecule has 0 aromatic heterocycles. The molecule has 0 N–H and O–H groups in total. The Kier molecular flexibility index (Phi) is 1.38. The lowest BCUT2D eigenvalue weighted by Gasteiger charge is -2.23. The molecule has 4 unspecified atom stereocenters. The summed E-state index contributed by atoms with van der Waals surface area (Å²) in [7, 11) is 0. The molecular formula is C11H16O. The summed E-state index contributed by atoms with van der Waals surface area (Å²) in [4.78, 5) is 10.7. The molecule has 0 aliphatic heterocycles. The van der Waals surface area contributed by atoms with E-state index in [1.807, 2.05) is 0 Å². The monoisotopic (exact) mass is 164 g/mol. The van der Waals surface area contributed by atoms with Crippen LogP contribution in [0.4, 0.5) is 0 Å². The molecule has 4 atom stereocenters. The highest BCUT2D eigenvalue weighted by Gasteiger charge is 2.51. The molecule has 0 amide bonds. The fourth-order valence-corrected chi connectivity index (χ4v) is 4.17. The Balaban J connectivity index is 1.82. The van der Waals surface area contributed by atoms with Gasteiger partial charge in [0, 0.05) is 5.92 Å². The molecule has 0 spiro atoms. The molecular weight excluding hydrogens is 148 g/mol. The van der Waals surface area contributed by atoms with E-state index in [9.17, 15) is 4.79 Å². The number of fused-ring (bicyclic) bond motifs is 5. The van der Waals surface area contributed by atoms with Crippen molar-refractivity contribution in [3.63, 3.8) is 0 Å². The van der Waals surface area contributed by atoms with Gasteiger partial charge in [-0.2, -0.15) is 0 Å². The molecule has 3 rings (SSSR count). The zero-order valence-electron chi connectivity index (χ0n) is 7.41. The molecule has 66 valence electrons. The van der Waals surface area contributed by atoms with Crippen LogP contribution >= 0.6 is 0 Å². The van der Waals surface area contributed by atoms with Crippen LogP contribution in [0.25, 0.3) is 0 Å². The van der Waals surface area contributed by atoms with Crippen molar-refractivity contribution < 1.29 is 4.79 Å². The maximum absolute atomic E-state index is 10.7. The van der Waals surface area contributed by atoms with E-state index < -0.39 is 0 Å². The van der Waals surface area contributed by atoms with E-state index in [0.717, 1.165) is 23.7 Å². The highest BCUT2D eigenvalue weighted by molar-refractivity contribution is 5.54. The van der Waals surface area contributed by atoms with E-state index in [1.54, 1.807) is 0 Å². The summed E-state index contributed by atoms with van der Waals surface area (Å²) in [6.07, 6.45) is 8.11. The van der Waals surface area contributed by atoms with Gasteiger partial charge < -0.3 is 4.79 Å². The summed E-state index contributed by atoms with van der Waals surface area (Å²) < 4.78 is 0. The van der Waals surface area contributed by atoms with Gasteiger partial charge in [0.2, 0.25) is 0 Å². The first kappa shape index (κ1) is 7.11. The normalized spacial score (nSPS) is 55.8. The smallest absolute Gasteiger partial charge is 0.123 e. The lowest BCUT2D eigenvalue weighted by atomic mass is 9.82. The van der Waals surface area contributed by atoms with E-state index in [0.29, 0.717) is 5.92 Å². The molecule has 3 saturated carbocycles. The molecule has 0 radical (unpaired) electrons. The molecule has 0 heterocycles. The minimum atomic E-state index is 0.434. The average Bonchev–Trinajstić information content (AvgIpc) is 2.75. The van der Waals surface area contributed by atoms with E-state index in [4.69, 9.17) is 0 Å². The summed E-state index contributed by atoms with van der Waals surface area (Å²) in [6, 6.07) is 0.